The van der Waals surface area contributed by atoms with E-state index >= 15 is 0 Å². The molecule has 1 aliphatic rings. The van der Waals surface area contributed by atoms with E-state index in [1.54, 1.807) is 18.2 Å². The fourth-order valence-electron chi connectivity index (χ4n) is 3.58. The van der Waals surface area contributed by atoms with E-state index in [0.717, 1.165) is 5.56 Å². The minimum atomic E-state index is -0.579. The lowest BCUT2D eigenvalue weighted by Crippen LogP contribution is -2.25. The van der Waals surface area contributed by atoms with Crippen molar-refractivity contribution in [3.63, 3.8) is 0 Å². The summed E-state index contributed by atoms with van der Waals surface area (Å²) in [5.41, 5.74) is 1.56. The molecule has 2 aromatic carbocycles. The van der Waals surface area contributed by atoms with Crippen molar-refractivity contribution in [3.05, 3.63) is 58.9 Å². The number of carbonyl (C=O) groups is 1. The minimum Gasteiger partial charge on any atom is -0.490 e. The van der Waals surface area contributed by atoms with Crippen LogP contribution in [0.2, 0.25) is 0 Å². The van der Waals surface area contributed by atoms with Crippen LogP contribution in [0.3, 0.4) is 0 Å². The SMILES string of the molecule is O=C1O[C@H](CO)CN1c1ccc2cc(-c3ccccc3OCCOCCO)[nH]c(=O)c2c1. The Labute approximate surface area is 183 Å². The number of aliphatic hydroxyl groups excluding tert-OH is 2. The van der Waals surface area contributed by atoms with Gasteiger partial charge >= 0.3 is 6.09 Å². The molecule has 0 radical (unpaired) electrons. The van der Waals surface area contributed by atoms with E-state index in [0.29, 0.717) is 41.1 Å². The summed E-state index contributed by atoms with van der Waals surface area (Å²) in [5, 5.41) is 19.1. The quantitative estimate of drug-likeness (QED) is 0.435. The van der Waals surface area contributed by atoms with Gasteiger partial charge in [0, 0.05) is 16.6 Å². The van der Waals surface area contributed by atoms with Crippen LogP contribution in [0, 0.1) is 0 Å². The number of aliphatic hydroxyl groups is 2. The molecule has 1 fully saturated rings. The van der Waals surface area contributed by atoms with E-state index < -0.39 is 12.2 Å². The smallest absolute Gasteiger partial charge is 0.414 e. The molecular formula is C23H24N2O7. The normalized spacial score (nSPS) is 15.9. The van der Waals surface area contributed by atoms with Crippen molar-refractivity contribution < 1.29 is 29.2 Å². The van der Waals surface area contributed by atoms with Crippen LogP contribution in [0.5, 0.6) is 5.75 Å². The van der Waals surface area contributed by atoms with Gasteiger partial charge in [0.2, 0.25) is 0 Å². The maximum absolute atomic E-state index is 12.9. The number of fused-ring (bicyclic) bond motifs is 1. The standard InChI is InChI=1S/C23H24N2O7/c26-7-8-30-9-10-31-21-4-2-1-3-18(21)20-11-15-5-6-16(12-19(15)22(28)24-20)25-13-17(14-27)32-23(25)29/h1-6,11-12,17,26-27H,7-10,13-14H2,(H,24,28)/t17-/m0/s1. The molecule has 3 N–H and O–H groups in total. The molecule has 0 aliphatic carbocycles. The summed E-state index contributed by atoms with van der Waals surface area (Å²) < 4.78 is 16.1. The van der Waals surface area contributed by atoms with Crippen molar-refractivity contribution in [3.8, 4) is 17.0 Å². The van der Waals surface area contributed by atoms with Crippen molar-refractivity contribution in [2.45, 2.75) is 6.10 Å². The van der Waals surface area contributed by atoms with Gasteiger partial charge in [0.25, 0.3) is 5.56 Å². The number of anilines is 1. The molecule has 0 unspecified atom stereocenters. The Morgan fingerprint density at radius 1 is 1.06 bits per heavy atom. The Morgan fingerprint density at radius 2 is 1.91 bits per heavy atom. The maximum atomic E-state index is 12.9. The van der Waals surface area contributed by atoms with Crippen LogP contribution < -0.4 is 15.2 Å². The third-order valence-electron chi connectivity index (χ3n) is 5.12. The van der Waals surface area contributed by atoms with Gasteiger partial charge in [0.05, 0.1) is 38.7 Å². The molecule has 2 heterocycles. The Bertz CT molecular complexity index is 1160. The van der Waals surface area contributed by atoms with Crippen LogP contribution in [-0.2, 0) is 9.47 Å². The summed E-state index contributed by atoms with van der Waals surface area (Å²) in [6, 6.07) is 14.4. The van der Waals surface area contributed by atoms with Crippen LogP contribution in [0.15, 0.2) is 53.3 Å². The molecule has 0 spiro atoms. The summed E-state index contributed by atoms with van der Waals surface area (Å²) in [6.45, 7) is 0.817. The molecule has 1 atom stereocenters. The Balaban J connectivity index is 1.61. The van der Waals surface area contributed by atoms with E-state index in [4.69, 9.17) is 19.3 Å². The first kappa shape index (κ1) is 21.8. The Kier molecular flexibility index (Phi) is 6.69. The topological polar surface area (TPSA) is 121 Å². The highest BCUT2D eigenvalue weighted by molar-refractivity contribution is 5.94. The second-order valence-corrected chi connectivity index (χ2v) is 7.26. The number of benzene rings is 2. The Morgan fingerprint density at radius 3 is 2.69 bits per heavy atom. The average Bonchev–Trinajstić information content (AvgIpc) is 3.19. The number of amides is 1. The number of aromatic amines is 1. The van der Waals surface area contributed by atoms with Gasteiger partial charge in [-0.1, -0.05) is 18.2 Å². The lowest BCUT2D eigenvalue weighted by Gasteiger charge is -2.14. The zero-order valence-corrected chi connectivity index (χ0v) is 17.3. The number of nitrogens with one attached hydrogen (secondary N) is 1. The number of hydrogen-bond donors (Lipinski definition) is 3. The molecule has 1 aliphatic heterocycles. The van der Waals surface area contributed by atoms with Gasteiger partial charge in [0.1, 0.15) is 18.5 Å². The predicted octanol–water partition coefficient (Wildman–Crippen LogP) is 1.90. The van der Waals surface area contributed by atoms with Crippen molar-refractivity contribution in [2.24, 2.45) is 0 Å². The Hall–Kier alpha value is -3.40. The molecule has 1 amide bonds. The lowest BCUT2D eigenvalue weighted by molar-refractivity contribution is 0.0706. The number of nitrogens with zero attached hydrogens (tertiary/aromatic N) is 1. The van der Waals surface area contributed by atoms with Crippen LogP contribution in [-0.4, -0.2) is 67.0 Å². The number of cyclic esters (lactones) is 1. The number of para-hydroxylation sites is 1. The molecular weight excluding hydrogens is 416 g/mol. The van der Waals surface area contributed by atoms with Crippen molar-refractivity contribution in [1.29, 1.82) is 0 Å². The average molecular weight is 440 g/mol. The van der Waals surface area contributed by atoms with Gasteiger partial charge < -0.3 is 29.4 Å². The highest BCUT2D eigenvalue weighted by Crippen LogP contribution is 2.31. The summed E-state index contributed by atoms with van der Waals surface area (Å²) in [4.78, 5) is 29.2. The molecule has 9 nitrogen and oxygen atoms in total. The predicted molar refractivity (Wildman–Crippen MR) is 118 cm³/mol. The first-order valence-corrected chi connectivity index (χ1v) is 10.3. The zero-order valence-electron chi connectivity index (χ0n) is 17.3. The molecule has 0 saturated carbocycles. The molecule has 1 saturated heterocycles. The van der Waals surface area contributed by atoms with Gasteiger partial charge in [-0.05, 0) is 35.7 Å². The molecule has 32 heavy (non-hydrogen) atoms. The second-order valence-electron chi connectivity index (χ2n) is 7.26. The van der Waals surface area contributed by atoms with E-state index in [9.17, 15) is 14.7 Å². The van der Waals surface area contributed by atoms with E-state index in [1.807, 2.05) is 30.3 Å². The highest BCUT2D eigenvalue weighted by atomic mass is 16.6. The number of carbonyl (C=O) groups excluding carboxylic acids is 1. The van der Waals surface area contributed by atoms with Gasteiger partial charge in [-0.3, -0.25) is 9.69 Å². The fraction of sp³-hybridized carbons (Fsp3) is 0.304. The van der Waals surface area contributed by atoms with Crippen LogP contribution in [0.4, 0.5) is 10.5 Å². The van der Waals surface area contributed by atoms with Crippen molar-refractivity contribution >= 4 is 22.6 Å². The number of hydrogen-bond acceptors (Lipinski definition) is 7. The van der Waals surface area contributed by atoms with Crippen LogP contribution in [0.1, 0.15) is 0 Å². The highest BCUT2D eigenvalue weighted by Gasteiger charge is 2.32. The third-order valence-corrected chi connectivity index (χ3v) is 5.12. The van der Waals surface area contributed by atoms with Gasteiger partial charge in [-0.15, -0.1) is 0 Å². The first-order chi connectivity index (χ1) is 15.6. The number of pyridine rings is 1. The first-order valence-electron chi connectivity index (χ1n) is 10.3. The summed E-state index contributed by atoms with van der Waals surface area (Å²) in [5.74, 6) is 0.599. The van der Waals surface area contributed by atoms with E-state index in [2.05, 4.69) is 4.98 Å². The molecule has 1 aromatic heterocycles. The maximum Gasteiger partial charge on any atom is 0.414 e. The molecule has 0 bridgehead atoms. The van der Waals surface area contributed by atoms with Crippen molar-refractivity contribution in [1.82, 2.24) is 4.98 Å². The largest absolute Gasteiger partial charge is 0.490 e. The van der Waals surface area contributed by atoms with E-state index in [-0.39, 0.29) is 31.9 Å². The molecule has 4 rings (SSSR count). The minimum absolute atomic E-state index is 0.0441. The van der Waals surface area contributed by atoms with Gasteiger partial charge in [0.15, 0.2) is 0 Å². The van der Waals surface area contributed by atoms with Gasteiger partial charge in [-0.25, -0.2) is 4.79 Å². The number of ether oxygens (including phenoxy) is 3. The number of rotatable bonds is 9. The summed E-state index contributed by atoms with van der Waals surface area (Å²) >= 11 is 0. The lowest BCUT2D eigenvalue weighted by atomic mass is 10.1. The molecule has 9 heteroatoms. The monoisotopic (exact) mass is 440 g/mol. The fourth-order valence-corrected chi connectivity index (χ4v) is 3.58. The molecule has 3 aromatic rings. The second kappa shape index (κ2) is 9.82. The van der Waals surface area contributed by atoms with Crippen LogP contribution >= 0.6 is 0 Å². The zero-order chi connectivity index (χ0) is 22.5. The van der Waals surface area contributed by atoms with E-state index in [1.165, 1.54) is 4.90 Å². The number of H-pyrrole nitrogens is 1. The van der Waals surface area contributed by atoms with Crippen LogP contribution in [0.25, 0.3) is 22.0 Å². The summed E-state index contributed by atoms with van der Waals surface area (Å²) in [6.07, 6.45) is -1.13. The van der Waals surface area contributed by atoms with Crippen molar-refractivity contribution in [2.75, 3.05) is 44.5 Å². The molecule has 168 valence electrons. The third kappa shape index (κ3) is 4.59. The number of aromatic nitrogens is 1. The van der Waals surface area contributed by atoms with Gasteiger partial charge in [-0.2, -0.15) is 0 Å². The summed E-state index contributed by atoms with van der Waals surface area (Å²) in [7, 11) is 0.